The van der Waals surface area contributed by atoms with E-state index in [9.17, 15) is 14.4 Å². The van der Waals surface area contributed by atoms with Crippen LogP contribution in [0.4, 0.5) is 0 Å². The van der Waals surface area contributed by atoms with Gasteiger partial charge in [-0.05, 0) is 17.5 Å². The highest BCUT2D eigenvalue weighted by Gasteiger charge is 2.24. The maximum absolute atomic E-state index is 12.4. The van der Waals surface area contributed by atoms with Crippen LogP contribution in [-0.2, 0) is 30.3 Å². The second kappa shape index (κ2) is 10.9. The molecule has 6 heteroatoms. The molecule has 0 radical (unpaired) electrons. The summed E-state index contributed by atoms with van der Waals surface area (Å²) in [5.41, 5.74) is 1.72. The standard InChI is InChI=1S/C22H25NO5/c1-3-18(17-12-8-5-9-13-17)21(25)28-15-20(24)23-19(22(26)27-2)14-16-10-6-4-7-11-16/h4-13,18-19H,3,14-15H2,1-2H3,(H,23,24). The van der Waals surface area contributed by atoms with E-state index in [2.05, 4.69) is 5.32 Å². The Morgan fingerprint density at radius 1 is 0.929 bits per heavy atom. The molecule has 28 heavy (non-hydrogen) atoms. The first kappa shape index (κ1) is 21.2. The third-order valence-electron chi connectivity index (χ3n) is 4.34. The van der Waals surface area contributed by atoms with Crippen molar-refractivity contribution in [1.29, 1.82) is 0 Å². The number of esters is 2. The van der Waals surface area contributed by atoms with E-state index in [-0.39, 0.29) is 6.42 Å². The molecular formula is C22H25NO5. The lowest BCUT2D eigenvalue weighted by Crippen LogP contribution is -2.44. The molecule has 0 saturated heterocycles. The van der Waals surface area contributed by atoms with Crippen molar-refractivity contribution in [3.63, 3.8) is 0 Å². The Balaban J connectivity index is 1.92. The van der Waals surface area contributed by atoms with E-state index >= 15 is 0 Å². The Kier molecular flexibility index (Phi) is 8.21. The van der Waals surface area contributed by atoms with Crippen LogP contribution in [0.3, 0.4) is 0 Å². The minimum Gasteiger partial charge on any atom is -0.467 e. The normalized spacial score (nSPS) is 12.5. The van der Waals surface area contributed by atoms with Gasteiger partial charge in [0.25, 0.3) is 5.91 Å². The molecule has 2 unspecified atom stereocenters. The first-order valence-electron chi connectivity index (χ1n) is 9.17. The van der Waals surface area contributed by atoms with Crippen molar-refractivity contribution in [3.8, 4) is 0 Å². The van der Waals surface area contributed by atoms with E-state index in [0.717, 1.165) is 11.1 Å². The van der Waals surface area contributed by atoms with Gasteiger partial charge in [-0.15, -0.1) is 0 Å². The summed E-state index contributed by atoms with van der Waals surface area (Å²) in [6.07, 6.45) is 0.845. The van der Waals surface area contributed by atoms with E-state index in [4.69, 9.17) is 9.47 Å². The quantitative estimate of drug-likeness (QED) is 0.673. The van der Waals surface area contributed by atoms with Crippen LogP contribution in [0.25, 0.3) is 0 Å². The fraction of sp³-hybridized carbons (Fsp3) is 0.318. The summed E-state index contributed by atoms with van der Waals surface area (Å²) in [6.45, 7) is 1.43. The van der Waals surface area contributed by atoms with Crippen LogP contribution in [0, 0.1) is 0 Å². The number of benzene rings is 2. The fourth-order valence-corrected chi connectivity index (χ4v) is 2.88. The summed E-state index contributed by atoms with van der Waals surface area (Å²) < 4.78 is 9.94. The van der Waals surface area contributed by atoms with Gasteiger partial charge in [0.2, 0.25) is 0 Å². The van der Waals surface area contributed by atoms with Crippen LogP contribution in [0.15, 0.2) is 60.7 Å². The van der Waals surface area contributed by atoms with Gasteiger partial charge < -0.3 is 14.8 Å². The molecule has 0 heterocycles. The van der Waals surface area contributed by atoms with Crippen molar-refractivity contribution in [2.45, 2.75) is 31.7 Å². The Bertz CT molecular complexity index is 776. The third-order valence-corrected chi connectivity index (χ3v) is 4.34. The van der Waals surface area contributed by atoms with Crippen LogP contribution >= 0.6 is 0 Å². The van der Waals surface area contributed by atoms with E-state index in [1.165, 1.54) is 7.11 Å². The minimum atomic E-state index is -0.852. The van der Waals surface area contributed by atoms with Crippen LogP contribution < -0.4 is 5.32 Å². The summed E-state index contributed by atoms with van der Waals surface area (Å²) >= 11 is 0. The van der Waals surface area contributed by atoms with Crippen molar-refractivity contribution in [2.24, 2.45) is 0 Å². The molecule has 1 amide bonds. The number of carbonyl (C=O) groups excluding carboxylic acids is 3. The number of carbonyl (C=O) groups is 3. The van der Waals surface area contributed by atoms with Crippen molar-refractivity contribution in [3.05, 3.63) is 71.8 Å². The Morgan fingerprint density at radius 2 is 1.54 bits per heavy atom. The lowest BCUT2D eigenvalue weighted by Gasteiger charge is -2.18. The molecule has 2 rings (SSSR count). The maximum Gasteiger partial charge on any atom is 0.328 e. The number of amides is 1. The van der Waals surface area contributed by atoms with Crippen LogP contribution in [-0.4, -0.2) is 37.6 Å². The summed E-state index contributed by atoms with van der Waals surface area (Å²) in [4.78, 5) is 36.6. The molecule has 0 aromatic heterocycles. The summed E-state index contributed by atoms with van der Waals surface area (Å²) in [5, 5.41) is 2.58. The minimum absolute atomic E-state index is 0.287. The smallest absolute Gasteiger partial charge is 0.328 e. The molecule has 1 N–H and O–H groups in total. The molecule has 0 aliphatic carbocycles. The number of rotatable bonds is 9. The van der Waals surface area contributed by atoms with Gasteiger partial charge in [-0.1, -0.05) is 67.6 Å². The molecule has 6 nitrogen and oxygen atoms in total. The summed E-state index contributed by atoms with van der Waals surface area (Å²) in [5.74, 6) is -2.02. The topological polar surface area (TPSA) is 81.7 Å². The van der Waals surface area contributed by atoms with E-state index < -0.39 is 36.4 Å². The molecule has 2 aromatic carbocycles. The largest absolute Gasteiger partial charge is 0.467 e. The molecular weight excluding hydrogens is 358 g/mol. The van der Waals surface area contributed by atoms with Crippen molar-refractivity contribution in [1.82, 2.24) is 5.32 Å². The SMILES string of the molecule is CCC(C(=O)OCC(=O)NC(Cc1ccccc1)C(=O)OC)c1ccccc1. The number of hydrogen-bond donors (Lipinski definition) is 1. The van der Waals surface area contributed by atoms with E-state index in [1.807, 2.05) is 67.6 Å². The molecule has 0 saturated carbocycles. The number of nitrogens with one attached hydrogen (secondary N) is 1. The van der Waals surface area contributed by atoms with Gasteiger partial charge in [0, 0.05) is 6.42 Å². The molecule has 0 fully saturated rings. The lowest BCUT2D eigenvalue weighted by atomic mass is 9.97. The Hall–Kier alpha value is -3.15. The predicted molar refractivity (Wildman–Crippen MR) is 105 cm³/mol. The van der Waals surface area contributed by atoms with Crippen LogP contribution in [0.1, 0.15) is 30.4 Å². The molecule has 0 aliphatic heterocycles. The van der Waals surface area contributed by atoms with Gasteiger partial charge in [-0.3, -0.25) is 9.59 Å². The van der Waals surface area contributed by atoms with Crippen LogP contribution in [0.5, 0.6) is 0 Å². The molecule has 0 bridgehead atoms. The monoisotopic (exact) mass is 383 g/mol. The molecule has 0 spiro atoms. The fourth-order valence-electron chi connectivity index (χ4n) is 2.88. The average Bonchev–Trinajstić information content (AvgIpc) is 2.73. The highest BCUT2D eigenvalue weighted by molar-refractivity contribution is 5.87. The zero-order valence-electron chi connectivity index (χ0n) is 16.1. The first-order chi connectivity index (χ1) is 13.5. The number of hydrogen-bond acceptors (Lipinski definition) is 5. The van der Waals surface area contributed by atoms with Crippen molar-refractivity contribution in [2.75, 3.05) is 13.7 Å². The van der Waals surface area contributed by atoms with Gasteiger partial charge in [0.15, 0.2) is 6.61 Å². The predicted octanol–water partition coefficient (Wildman–Crippen LogP) is 2.62. The summed E-state index contributed by atoms with van der Waals surface area (Å²) in [7, 11) is 1.26. The zero-order chi connectivity index (χ0) is 20.4. The summed E-state index contributed by atoms with van der Waals surface area (Å²) in [6, 6.07) is 17.7. The van der Waals surface area contributed by atoms with Crippen LogP contribution in [0.2, 0.25) is 0 Å². The third kappa shape index (κ3) is 6.23. The number of methoxy groups -OCH3 is 1. The Labute approximate surface area is 164 Å². The van der Waals surface area contributed by atoms with Gasteiger partial charge >= 0.3 is 11.9 Å². The maximum atomic E-state index is 12.4. The second-order valence-corrected chi connectivity index (χ2v) is 6.31. The number of ether oxygens (including phenoxy) is 2. The van der Waals surface area contributed by atoms with Crippen molar-refractivity contribution >= 4 is 17.8 Å². The van der Waals surface area contributed by atoms with Gasteiger partial charge in [-0.25, -0.2) is 4.79 Å². The van der Waals surface area contributed by atoms with Gasteiger partial charge in [0.1, 0.15) is 6.04 Å². The highest BCUT2D eigenvalue weighted by Crippen LogP contribution is 2.20. The van der Waals surface area contributed by atoms with Crippen molar-refractivity contribution < 1.29 is 23.9 Å². The Morgan fingerprint density at radius 3 is 2.11 bits per heavy atom. The first-order valence-corrected chi connectivity index (χ1v) is 9.17. The average molecular weight is 383 g/mol. The lowest BCUT2D eigenvalue weighted by molar-refractivity contribution is -0.151. The van der Waals surface area contributed by atoms with Gasteiger partial charge in [0.05, 0.1) is 13.0 Å². The molecule has 0 aliphatic rings. The molecule has 2 aromatic rings. The molecule has 148 valence electrons. The van der Waals surface area contributed by atoms with E-state index in [1.54, 1.807) is 0 Å². The van der Waals surface area contributed by atoms with Gasteiger partial charge in [-0.2, -0.15) is 0 Å². The molecule has 2 atom stereocenters. The zero-order valence-corrected chi connectivity index (χ0v) is 16.1. The highest BCUT2D eigenvalue weighted by atomic mass is 16.5. The second-order valence-electron chi connectivity index (χ2n) is 6.31. The van der Waals surface area contributed by atoms with E-state index in [0.29, 0.717) is 6.42 Å².